The fourth-order valence-electron chi connectivity index (χ4n) is 2.22. The van der Waals surface area contributed by atoms with Crippen LogP contribution in [0.3, 0.4) is 0 Å². The lowest BCUT2D eigenvalue weighted by molar-refractivity contribution is 0.852. The van der Waals surface area contributed by atoms with Crippen LogP contribution in [0.15, 0.2) is 36.5 Å². The fourth-order valence-corrected chi connectivity index (χ4v) is 3.72. The van der Waals surface area contributed by atoms with Gasteiger partial charge in [0.25, 0.3) is 0 Å². The number of thiophene rings is 1. The molecule has 0 N–H and O–H groups in total. The third kappa shape index (κ3) is 2.53. The summed E-state index contributed by atoms with van der Waals surface area (Å²) in [4.78, 5) is 2.77. The molecular formula is C15H13Cl2NS. The first-order chi connectivity index (χ1) is 9.17. The molecule has 0 spiro atoms. The highest BCUT2D eigenvalue weighted by Crippen LogP contribution is 2.29. The van der Waals surface area contributed by atoms with Gasteiger partial charge in [0.15, 0.2) is 0 Å². The lowest BCUT2D eigenvalue weighted by Crippen LogP contribution is -1.95. The highest BCUT2D eigenvalue weighted by atomic mass is 35.5. The smallest absolute Gasteiger partial charge is 0.0569 e. The summed E-state index contributed by atoms with van der Waals surface area (Å²) >= 11 is 14.2. The van der Waals surface area contributed by atoms with Crippen molar-refractivity contribution in [1.82, 2.24) is 4.57 Å². The van der Waals surface area contributed by atoms with Crippen molar-refractivity contribution in [3.8, 4) is 0 Å². The van der Waals surface area contributed by atoms with Gasteiger partial charge in [-0.3, -0.25) is 0 Å². The lowest BCUT2D eigenvalue weighted by atomic mass is 10.2. The lowest BCUT2D eigenvalue weighted by Gasteiger charge is -2.04. The molecule has 4 heteroatoms. The SMILES string of the molecule is CCc1ccc(Cn2ccc3c(Cl)cc(Cl)cc32)s1. The van der Waals surface area contributed by atoms with Crippen LogP contribution in [0.1, 0.15) is 16.7 Å². The topological polar surface area (TPSA) is 4.93 Å². The number of halogens is 2. The van der Waals surface area contributed by atoms with E-state index in [1.54, 1.807) is 6.07 Å². The van der Waals surface area contributed by atoms with E-state index in [0.29, 0.717) is 10.0 Å². The minimum Gasteiger partial charge on any atom is -0.342 e. The molecule has 0 unspecified atom stereocenters. The van der Waals surface area contributed by atoms with Gasteiger partial charge in [-0.15, -0.1) is 11.3 Å². The van der Waals surface area contributed by atoms with Crippen LogP contribution < -0.4 is 0 Å². The number of benzene rings is 1. The van der Waals surface area contributed by atoms with Gasteiger partial charge in [-0.2, -0.15) is 0 Å². The van der Waals surface area contributed by atoms with Gasteiger partial charge in [-0.05, 0) is 36.8 Å². The van der Waals surface area contributed by atoms with Crippen molar-refractivity contribution < 1.29 is 0 Å². The Labute approximate surface area is 126 Å². The summed E-state index contributed by atoms with van der Waals surface area (Å²) in [7, 11) is 0. The highest BCUT2D eigenvalue weighted by molar-refractivity contribution is 7.11. The predicted octanol–water partition coefficient (Wildman–Crippen LogP) is 5.62. The van der Waals surface area contributed by atoms with Crippen LogP contribution >= 0.6 is 34.5 Å². The van der Waals surface area contributed by atoms with E-state index in [0.717, 1.165) is 23.9 Å². The van der Waals surface area contributed by atoms with Gasteiger partial charge in [0.05, 0.1) is 17.1 Å². The molecule has 1 aromatic carbocycles. The van der Waals surface area contributed by atoms with Crippen molar-refractivity contribution >= 4 is 45.4 Å². The van der Waals surface area contributed by atoms with Crippen LogP contribution in [0.2, 0.25) is 10.0 Å². The van der Waals surface area contributed by atoms with Crippen LogP contribution in [-0.4, -0.2) is 4.57 Å². The summed E-state index contributed by atoms with van der Waals surface area (Å²) in [5, 5.41) is 2.44. The number of rotatable bonds is 3. The summed E-state index contributed by atoms with van der Waals surface area (Å²) in [6.07, 6.45) is 3.16. The zero-order valence-corrected chi connectivity index (χ0v) is 12.8. The summed E-state index contributed by atoms with van der Waals surface area (Å²) < 4.78 is 2.19. The highest BCUT2D eigenvalue weighted by Gasteiger charge is 2.08. The average molecular weight is 310 g/mol. The van der Waals surface area contributed by atoms with E-state index in [-0.39, 0.29) is 0 Å². The van der Waals surface area contributed by atoms with Crippen LogP contribution in [-0.2, 0) is 13.0 Å². The van der Waals surface area contributed by atoms with Gasteiger partial charge < -0.3 is 4.57 Å². The van der Waals surface area contributed by atoms with E-state index < -0.39 is 0 Å². The number of aryl methyl sites for hydroxylation is 1. The standard InChI is InChI=1S/C15H13Cl2NS/c1-2-11-3-4-12(19-11)9-18-6-5-13-14(17)7-10(16)8-15(13)18/h3-8H,2,9H2,1H3. The predicted molar refractivity (Wildman–Crippen MR) is 84.8 cm³/mol. The summed E-state index contributed by atoms with van der Waals surface area (Å²) in [6.45, 7) is 3.05. The minimum atomic E-state index is 0.679. The van der Waals surface area contributed by atoms with Gasteiger partial charge in [-0.1, -0.05) is 30.1 Å². The molecule has 2 heterocycles. The van der Waals surface area contributed by atoms with Crippen molar-refractivity contribution in [3.05, 3.63) is 56.3 Å². The first-order valence-electron chi connectivity index (χ1n) is 6.19. The van der Waals surface area contributed by atoms with Crippen molar-refractivity contribution in [2.75, 3.05) is 0 Å². The number of nitrogens with zero attached hydrogens (tertiary/aromatic N) is 1. The monoisotopic (exact) mass is 309 g/mol. The molecule has 3 aromatic rings. The Kier molecular flexibility index (Phi) is 3.57. The Morgan fingerprint density at radius 3 is 2.63 bits per heavy atom. The largest absolute Gasteiger partial charge is 0.342 e. The molecule has 19 heavy (non-hydrogen) atoms. The van der Waals surface area contributed by atoms with E-state index in [1.165, 1.54) is 9.75 Å². The maximum Gasteiger partial charge on any atom is 0.0569 e. The van der Waals surface area contributed by atoms with Crippen molar-refractivity contribution in [2.45, 2.75) is 19.9 Å². The molecule has 0 radical (unpaired) electrons. The Morgan fingerprint density at radius 2 is 1.89 bits per heavy atom. The Morgan fingerprint density at radius 1 is 1.11 bits per heavy atom. The second-order valence-corrected chi connectivity index (χ2v) is 6.58. The normalized spacial score (nSPS) is 11.3. The van der Waals surface area contributed by atoms with Gasteiger partial charge >= 0.3 is 0 Å². The molecule has 0 fully saturated rings. The quantitative estimate of drug-likeness (QED) is 0.591. The summed E-state index contributed by atoms with van der Waals surface area (Å²) in [5.41, 5.74) is 1.09. The molecule has 0 atom stereocenters. The first kappa shape index (κ1) is 13.0. The van der Waals surface area contributed by atoms with Crippen molar-refractivity contribution in [1.29, 1.82) is 0 Å². The third-order valence-electron chi connectivity index (χ3n) is 3.19. The zero-order valence-electron chi connectivity index (χ0n) is 10.5. The number of hydrogen-bond donors (Lipinski definition) is 0. The summed E-state index contributed by atoms with van der Waals surface area (Å²) in [5.74, 6) is 0. The van der Waals surface area contributed by atoms with Crippen LogP contribution in [0, 0.1) is 0 Å². The van der Waals surface area contributed by atoms with Gasteiger partial charge in [0, 0.05) is 26.4 Å². The molecule has 2 aromatic heterocycles. The Bertz CT molecular complexity index is 727. The number of hydrogen-bond acceptors (Lipinski definition) is 1. The first-order valence-corrected chi connectivity index (χ1v) is 7.76. The van der Waals surface area contributed by atoms with E-state index in [9.17, 15) is 0 Å². The molecule has 0 aliphatic rings. The van der Waals surface area contributed by atoms with Crippen LogP contribution in [0.25, 0.3) is 10.9 Å². The maximum atomic E-state index is 6.21. The minimum absolute atomic E-state index is 0.679. The molecule has 0 saturated heterocycles. The second kappa shape index (κ2) is 5.20. The van der Waals surface area contributed by atoms with E-state index in [4.69, 9.17) is 23.2 Å². The Hall–Kier alpha value is -0.960. The van der Waals surface area contributed by atoms with Gasteiger partial charge in [-0.25, -0.2) is 0 Å². The van der Waals surface area contributed by atoms with Gasteiger partial charge in [0.2, 0.25) is 0 Å². The molecule has 3 rings (SSSR count). The summed E-state index contributed by atoms with van der Waals surface area (Å²) in [6, 6.07) is 10.2. The van der Waals surface area contributed by atoms with E-state index in [1.807, 2.05) is 23.5 Å². The molecule has 98 valence electrons. The Balaban J connectivity index is 2.01. The van der Waals surface area contributed by atoms with Crippen molar-refractivity contribution in [3.63, 3.8) is 0 Å². The average Bonchev–Trinajstić information content (AvgIpc) is 2.97. The molecule has 0 aliphatic heterocycles. The maximum absolute atomic E-state index is 6.21. The third-order valence-corrected chi connectivity index (χ3v) is 4.94. The van der Waals surface area contributed by atoms with Crippen LogP contribution in [0.4, 0.5) is 0 Å². The zero-order chi connectivity index (χ0) is 13.4. The molecule has 0 bridgehead atoms. The van der Waals surface area contributed by atoms with Gasteiger partial charge in [0.1, 0.15) is 0 Å². The van der Waals surface area contributed by atoms with Crippen LogP contribution in [0.5, 0.6) is 0 Å². The fraction of sp³-hybridized carbons (Fsp3) is 0.200. The molecule has 1 nitrogen and oxygen atoms in total. The van der Waals surface area contributed by atoms with E-state index in [2.05, 4.69) is 29.8 Å². The second-order valence-electron chi connectivity index (χ2n) is 4.49. The van der Waals surface area contributed by atoms with Crippen molar-refractivity contribution in [2.24, 2.45) is 0 Å². The number of fused-ring (bicyclic) bond motifs is 1. The molecule has 0 aliphatic carbocycles. The molecular weight excluding hydrogens is 297 g/mol. The molecule has 0 amide bonds. The van der Waals surface area contributed by atoms with E-state index >= 15 is 0 Å². The number of aromatic nitrogens is 1. The molecule has 0 saturated carbocycles.